The number of benzene rings is 1. The Balaban J connectivity index is 1.63. The molecule has 36 heavy (non-hydrogen) atoms. The van der Waals surface area contributed by atoms with Crippen LogP contribution in [0.25, 0.3) is 10.9 Å². The molecule has 0 saturated heterocycles. The minimum atomic E-state index is -0.405. The Morgan fingerprint density at radius 2 is 1.89 bits per heavy atom. The Hall–Kier alpha value is -3.44. The number of carbonyl (C=O) groups is 3. The van der Waals surface area contributed by atoms with Gasteiger partial charge >= 0.3 is 0 Å². The van der Waals surface area contributed by atoms with E-state index >= 15 is 0 Å². The van der Waals surface area contributed by atoms with Crippen LogP contribution in [0.5, 0.6) is 0 Å². The second-order valence-electron chi connectivity index (χ2n) is 9.41. The number of anilines is 3. The Labute approximate surface area is 214 Å². The van der Waals surface area contributed by atoms with Crippen LogP contribution in [-0.4, -0.2) is 79.9 Å². The van der Waals surface area contributed by atoms with Crippen LogP contribution >= 0.6 is 11.3 Å². The minimum Gasteiger partial charge on any atom is -0.354 e. The first-order valence-corrected chi connectivity index (χ1v) is 12.9. The molecule has 10 nitrogen and oxygen atoms in total. The van der Waals surface area contributed by atoms with Gasteiger partial charge in [0.1, 0.15) is 11.5 Å². The van der Waals surface area contributed by atoms with Gasteiger partial charge in [-0.3, -0.25) is 19.3 Å². The van der Waals surface area contributed by atoms with Gasteiger partial charge in [0, 0.05) is 49.2 Å². The monoisotopic (exact) mass is 511 g/mol. The topological polar surface area (TPSA) is 114 Å². The maximum Gasteiger partial charge on any atom is 0.276 e. The van der Waals surface area contributed by atoms with Gasteiger partial charge in [0.15, 0.2) is 5.13 Å². The molecule has 2 aromatic heterocycles. The molecular formula is C25H33N7O3S. The molecule has 0 spiro atoms. The molecule has 0 radical (unpaired) electrons. The summed E-state index contributed by atoms with van der Waals surface area (Å²) in [6.07, 6.45) is 2.87. The molecule has 0 atom stereocenters. The van der Waals surface area contributed by atoms with Crippen molar-refractivity contribution in [3.8, 4) is 0 Å². The Morgan fingerprint density at radius 3 is 2.53 bits per heavy atom. The van der Waals surface area contributed by atoms with Crippen molar-refractivity contribution in [3.63, 3.8) is 0 Å². The van der Waals surface area contributed by atoms with E-state index in [1.807, 2.05) is 49.1 Å². The van der Waals surface area contributed by atoms with Crippen molar-refractivity contribution in [3.05, 3.63) is 34.8 Å². The molecular weight excluding hydrogens is 478 g/mol. The van der Waals surface area contributed by atoms with Crippen molar-refractivity contribution in [2.24, 2.45) is 0 Å². The second-order valence-corrected chi connectivity index (χ2v) is 10.2. The van der Waals surface area contributed by atoms with E-state index in [4.69, 9.17) is 0 Å². The summed E-state index contributed by atoms with van der Waals surface area (Å²) < 4.78 is 0. The fourth-order valence-corrected chi connectivity index (χ4v) is 4.64. The van der Waals surface area contributed by atoms with Crippen LogP contribution in [0.15, 0.2) is 23.6 Å². The third kappa shape index (κ3) is 5.68. The number of hydrogen-bond acceptors (Lipinski definition) is 7. The van der Waals surface area contributed by atoms with Gasteiger partial charge in [-0.1, -0.05) is 6.92 Å². The van der Waals surface area contributed by atoms with Crippen LogP contribution in [0.3, 0.4) is 0 Å². The van der Waals surface area contributed by atoms with E-state index in [2.05, 4.69) is 27.5 Å². The van der Waals surface area contributed by atoms with E-state index in [0.717, 1.165) is 25.8 Å². The lowest BCUT2D eigenvalue weighted by Gasteiger charge is -2.21. The lowest BCUT2D eigenvalue weighted by molar-refractivity contribution is -0.119. The molecule has 11 heteroatoms. The highest BCUT2D eigenvalue weighted by atomic mass is 32.1. The van der Waals surface area contributed by atoms with Crippen LogP contribution in [-0.2, 0) is 4.79 Å². The van der Waals surface area contributed by atoms with Crippen molar-refractivity contribution in [2.45, 2.75) is 32.2 Å². The molecule has 0 aliphatic heterocycles. The number of fused-ring (bicyclic) bond motifs is 1. The number of aromatic nitrogens is 2. The van der Waals surface area contributed by atoms with Gasteiger partial charge in [-0.25, -0.2) is 4.98 Å². The SMILES string of the molecule is CCCN(C)CC(=O)N(C)c1ccc2c(C(=O)NC3CC3)c(NC(=O)c3csc(N(C)C)n3)[nH]c2c1. The minimum absolute atomic E-state index is 0.0303. The third-order valence-corrected chi connectivity index (χ3v) is 7.05. The molecule has 3 N–H and O–H groups in total. The van der Waals surface area contributed by atoms with Gasteiger partial charge in [0.2, 0.25) is 5.91 Å². The van der Waals surface area contributed by atoms with Crippen LogP contribution < -0.4 is 20.4 Å². The zero-order valence-corrected chi connectivity index (χ0v) is 22.2. The van der Waals surface area contributed by atoms with Gasteiger partial charge in [-0.2, -0.15) is 0 Å². The van der Waals surface area contributed by atoms with Crippen molar-refractivity contribution in [1.82, 2.24) is 20.2 Å². The average molecular weight is 512 g/mol. The highest BCUT2D eigenvalue weighted by Crippen LogP contribution is 2.31. The number of H-pyrrole nitrogens is 1. The van der Waals surface area contributed by atoms with Crippen LogP contribution in [0.1, 0.15) is 47.0 Å². The number of aromatic amines is 1. The molecule has 1 aliphatic carbocycles. The van der Waals surface area contributed by atoms with Gasteiger partial charge < -0.3 is 25.4 Å². The number of nitrogens with zero attached hydrogens (tertiary/aromatic N) is 4. The molecule has 192 valence electrons. The average Bonchev–Trinajstić information content (AvgIpc) is 3.36. The van der Waals surface area contributed by atoms with Crippen molar-refractivity contribution < 1.29 is 14.4 Å². The number of hydrogen-bond donors (Lipinski definition) is 3. The largest absolute Gasteiger partial charge is 0.354 e. The summed E-state index contributed by atoms with van der Waals surface area (Å²) in [7, 11) is 7.38. The summed E-state index contributed by atoms with van der Waals surface area (Å²) >= 11 is 1.37. The summed E-state index contributed by atoms with van der Waals surface area (Å²) in [5.74, 6) is -0.374. The van der Waals surface area contributed by atoms with E-state index < -0.39 is 5.91 Å². The maximum atomic E-state index is 13.1. The molecule has 1 aromatic carbocycles. The van der Waals surface area contributed by atoms with E-state index in [0.29, 0.717) is 39.6 Å². The molecule has 0 unspecified atom stereocenters. The molecule has 2 heterocycles. The van der Waals surface area contributed by atoms with Crippen molar-refractivity contribution in [2.75, 3.05) is 56.4 Å². The van der Waals surface area contributed by atoms with Gasteiger partial charge in [0.25, 0.3) is 11.8 Å². The number of likely N-dealkylation sites (N-methyl/N-ethyl adjacent to an activating group) is 2. The summed E-state index contributed by atoms with van der Waals surface area (Å²) in [5.41, 5.74) is 1.99. The zero-order chi connectivity index (χ0) is 26.0. The molecule has 0 bridgehead atoms. The molecule has 4 rings (SSSR count). The van der Waals surface area contributed by atoms with Gasteiger partial charge in [-0.15, -0.1) is 11.3 Å². The Bertz CT molecular complexity index is 1280. The molecule has 1 saturated carbocycles. The summed E-state index contributed by atoms with van der Waals surface area (Å²) in [6, 6.07) is 5.61. The van der Waals surface area contributed by atoms with E-state index in [1.54, 1.807) is 17.3 Å². The highest BCUT2D eigenvalue weighted by molar-refractivity contribution is 7.13. The number of rotatable bonds is 10. The molecule has 3 aromatic rings. The van der Waals surface area contributed by atoms with E-state index in [9.17, 15) is 14.4 Å². The quantitative estimate of drug-likeness (QED) is 0.385. The fourth-order valence-electron chi connectivity index (χ4n) is 3.90. The summed E-state index contributed by atoms with van der Waals surface area (Å²) in [4.78, 5) is 51.8. The third-order valence-electron chi connectivity index (χ3n) is 6.04. The number of nitrogens with one attached hydrogen (secondary N) is 3. The van der Waals surface area contributed by atoms with Crippen LogP contribution in [0.4, 0.5) is 16.6 Å². The number of carbonyl (C=O) groups excluding carboxylic acids is 3. The first-order chi connectivity index (χ1) is 17.2. The smallest absolute Gasteiger partial charge is 0.276 e. The number of thiazole rings is 1. The Morgan fingerprint density at radius 1 is 1.14 bits per heavy atom. The van der Waals surface area contributed by atoms with Crippen LogP contribution in [0, 0.1) is 0 Å². The summed E-state index contributed by atoms with van der Waals surface area (Å²) in [5, 5.41) is 8.92. The van der Waals surface area contributed by atoms with Crippen molar-refractivity contribution >= 4 is 56.6 Å². The highest BCUT2D eigenvalue weighted by Gasteiger charge is 2.28. The second kappa shape index (κ2) is 10.7. The normalized spacial score (nSPS) is 13.2. The van der Waals surface area contributed by atoms with E-state index in [-0.39, 0.29) is 23.6 Å². The first-order valence-electron chi connectivity index (χ1n) is 12.0. The predicted molar refractivity (Wildman–Crippen MR) is 144 cm³/mol. The van der Waals surface area contributed by atoms with Crippen molar-refractivity contribution in [1.29, 1.82) is 0 Å². The predicted octanol–water partition coefficient (Wildman–Crippen LogP) is 3.14. The first kappa shape index (κ1) is 25.6. The van der Waals surface area contributed by atoms with Crippen LogP contribution in [0.2, 0.25) is 0 Å². The standard InChI is InChI=1S/C25H33N7O3S/c1-6-11-31(4)13-20(33)32(5)16-9-10-17-18(12-16)27-22(21(17)24(35)26-15-7-8-15)29-23(34)19-14-36-25(28-19)30(2)3/h9-10,12,14-15,27H,6-8,11,13H2,1-5H3,(H,26,35)(H,29,34). The molecule has 1 fully saturated rings. The summed E-state index contributed by atoms with van der Waals surface area (Å²) in [6.45, 7) is 3.23. The van der Waals surface area contributed by atoms with Gasteiger partial charge in [0.05, 0.1) is 12.1 Å². The molecule has 1 aliphatic rings. The molecule has 3 amide bonds. The Kier molecular flexibility index (Phi) is 7.60. The van der Waals surface area contributed by atoms with Gasteiger partial charge in [-0.05, 0) is 51.1 Å². The lowest BCUT2D eigenvalue weighted by Crippen LogP contribution is -2.36. The zero-order valence-electron chi connectivity index (χ0n) is 21.3. The maximum absolute atomic E-state index is 13.1. The fraction of sp³-hybridized carbons (Fsp3) is 0.440. The number of amides is 3. The lowest BCUT2D eigenvalue weighted by atomic mass is 10.1. The van der Waals surface area contributed by atoms with E-state index in [1.165, 1.54) is 11.3 Å².